The van der Waals surface area contributed by atoms with Crippen LogP contribution in [-0.2, 0) is 0 Å². The van der Waals surface area contributed by atoms with Crippen molar-refractivity contribution in [3.8, 4) is 10.6 Å². The Kier molecular flexibility index (Phi) is 8.53. The van der Waals surface area contributed by atoms with Gasteiger partial charge in [-0.05, 0) is 56.7 Å². The van der Waals surface area contributed by atoms with Crippen LogP contribution in [0.15, 0.2) is 46.9 Å². The number of nitrogens with one attached hydrogen (secondary N) is 1. The number of rotatable bonds is 5. The zero-order valence-corrected chi connectivity index (χ0v) is 22.7. The maximum atomic E-state index is 14.7. The molecule has 1 unspecified atom stereocenters. The van der Waals surface area contributed by atoms with Crippen LogP contribution in [0.4, 0.5) is 22.0 Å². The van der Waals surface area contributed by atoms with Crippen molar-refractivity contribution in [2.24, 2.45) is 10.9 Å². The summed E-state index contributed by atoms with van der Waals surface area (Å²) in [5, 5.41) is 3.61. The number of halogens is 5. The lowest BCUT2D eigenvalue weighted by molar-refractivity contribution is -0.0913. The molecule has 0 aromatic carbocycles. The number of carbonyl (C=O) groups is 1. The number of allylic oxidation sites excluding steroid dienone is 3. The second kappa shape index (κ2) is 11.5. The number of amides is 1. The Hall–Kier alpha value is -3.15. The van der Waals surface area contributed by atoms with Crippen molar-refractivity contribution in [2.75, 3.05) is 13.1 Å². The van der Waals surface area contributed by atoms with Crippen molar-refractivity contribution >= 4 is 23.5 Å². The van der Waals surface area contributed by atoms with Crippen LogP contribution in [0.25, 0.3) is 10.6 Å². The first-order valence-electron chi connectivity index (χ1n) is 12.7. The molecule has 0 bridgehead atoms. The summed E-state index contributed by atoms with van der Waals surface area (Å²) in [4.78, 5) is 28.2. The minimum Gasteiger partial charge on any atom is -0.368 e. The minimum absolute atomic E-state index is 0.0401. The zero-order chi connectivity index (χ0) is 28.4. The molecule has 2 aliphatic heterocycles. The number of piperidine rings is 1. The molecule has 2 aromatic rings. The Labute approximate surface area is 227 Å². The minimum atomic E-state index is -4.53. The number of alkyl halides is 5. The molecule has 0 saturated carbocycles. The van der Waals surface area contributed by atoms with Crippen molar-refractivity contribution in [2.45, 2.75) is 64.6 Å². The van der Waals surface area contributed by atoms with Gasteiger partial charge in [-0.2, -0.15) is 13.2 Å². The molecule has 2 aliphatic rings. The first-order valence-corrected chi connectivity index (χ1v) is 13.5. The van der Waals surface area contributed by atoms with Gasteiger partial charge in [0.15, 0.2) is 0 Å². The van der Waals surface area contributed by atoms with E-state index in [4.69, 9.17) is 0 Å². The molecule has 1 amide bonds. The van der Waals surface area contributed by atoms with Crippen LogP contribution in [0, 0.1) is 19.8 Å². The molecule has 4 heterocycles. The van der Waals surface area contributed by atoms with Crippen molar-refractivity contribution in [1.82, 2.24) is 20.2 Å². The van der Waals surface area contributed by atoms with Gasteiger partial charge in [-0.1, -0.05) is 19.1 Å². The summed E-state index contributed by atoms with van der Waals surface area (Å²) < 4.78 is 69.3. The molecule has 6 nitrogen and oxygen atoms in total. The lowest BCUT2D eigenvalue weighted by Crippen LogP contribution is -2.58. The fourth-order valence-corrected chi connectivity index (χ4v) is 5.62. The highest BCUT2D eigenvalue weighted by atomic mass is 32.1. The van der Waals surface area contributed by atoms with Crippen LogP contribution in [0.3, 0.4) is 0 Å². The van der Waals surface area contributed by atoms with Crippen molar-refractivity contribution in [3.63, 3.8) is 0 Å². The monoisotopic (exact) mass is 567 g/mol. The average molecular weight is 568 g/mol. The van der Waals surface area contributed by atoms with Crippen LogP contribution in [-0.4, -0.2) is 58.2 Å². The molecule has 0 aliphatic carbocycles. The van der Waals surface area contributed by atoms with Gasteiger partial charge in [0.1, 0.15) is 11.5 Å². The Bertz CT molecular complexity index is 1280. The number of nitrogens with zero attached hydrogens (tertiary/aromatic N) is 4. The SMILES string of the molecule is Cc1ccc(-c2sc(C)nc2C(=O)N2CC(F)(F)C[C@@H](C)C2CNC2=C/CCC/C=C(C(F)(F)F)/C=N\2)nc1. The second-order valence-electron chi connectivity index (χ2n) is 9.99. The van der Waals surface area contributed by atoms with Crippen LogP contribution in [0.1, 0.15) is 53.7 Å². The Morgan fingerprint density at radius 1 is 1.21 bits per heavy atom. The van der Waals surface area contributed by atoms with Gasteiger partial charge in [-0.15, -0.1) is 11.3 Å². The Morgan fingerprint density at radius 3 is 2.64 bits per heavy atom. The predicted octanol–water partition coefficient (Wildman–Crippen LogP) is 6.48. The van der Waals surface area contributed by atoms with E-state index in [0.29, 0.717) is 28.4 Å². The lowest BCUT2D eigenvalue weighted by Gasteiger charge is -2.43. The molecule has 2 atom stereocenters. The van der Waals surface area contributed by atoms with E-state index in [1.807, 2.05) is 13.0 Å². The molecule has 210 valence electrons. The van der Waals surface area contributed by atoms with E-state index in [9.17, 15) is 26.7 Å². The van der Waals surface area contributed by atoms with Crippen LogP contribution < -0.4 is 5.32 Å². The zero-order valence-electron chi connectivity index (χ0n) is 21.9. The van der Waals surface area contributed by atoms with Gasteiger partial charge >= 0.3 is 6.18 Å². The average Bonchev–Trinajstić information content (AvgIpc) is 3.28. The fraction of sp³-hybridized carbons (Fsp3) is 0.481. The second-order valence-corrected chi connectivity index (χ2v) is 11.2. The van der Waals surface area contributed by atoms with E-state index in [1.165, 1.54) is 11.3 Å². The molecular weight excluding hydrogens is 537 g/mol. The van der Waals surface area contributed by atoms with Gasteiger partial charge in [0.2, 0.25) is 0 Å². The van der Waals surface area contributed by atoms with Gasteiger partial charge in [0.05, 0.1) is 33.7 Å². The van der Waals surface area contributed by atoms with E-state index < -0.39 is 48.5 Å². The number of aryl methyl sites for hydroxylation is 2. The molecule has 4 rings (SSSR count). The molecule has 1 saturated heterocycles. The standard InChI is InChI=1S/C27H30F5N5OS/c1-16-9-10-20(33-12-16)24-23(36-18(3)39-24)25(38)37-15-26(28,29)11-17(2)21(37)14-35-22-8-6-4-5-7-19(13-34-22)27(30,31)32/h7-10,12-13,17,21,35H,4-6,11,14-15H2,1-3H3/b19-7-,22-8+,34-13-/t17-,21?/m1/s1. The van der Waals surface area contributed by atoms with Gasteiger partial charge in [-0.25, -0.2) is 18.8 Å². The molecule has 0 spiro atoms. The summed E-state index contributed by atoms with van der Waals surface area (Å²) in [5.74, 6) is -4.12. The summed E-state index contributed by atoms with van der Waals surface area (Å²) >= 11 is 1.26. The molecule has 2 aromatic heterocycles. The van der Waals surface area contributed by atoms with E-state index in [2.05, 4.69) is 20.3 Å². The first-order chi connectivity index (χ1) is 18.3. The quantitative estimate of drug-likeness (QED) is 0.420. The maximum Gasteiger partial charge on any atom is 0.417 e. The number of hydrogen-bond donors (Lipinski definition) is 1. The summed E-state index contributed by atoms with van der Waals surface area (Å²) in [5.41, 5.74) is 0.682. The Morgan fingerprint density at radius 2 is 1.95 bits per heavy atom. The Balaban J connectivity index is 1.60. The van der Waals surface area contributed by atoms with E-state index in [0.717, 1.165) is 22.8 Å². The molecule has 1 fully saturated rings. The smallest absolute Gasteiger partial charge is 0.368 e. The molecule has 0 radical (unpaired) electrons. The molecular formula is C27H30F5N5OS. The van der Waals surface area contributed by atoms with E-state index >= 15 is 0 Å². The molecule has 39 heavy (non-hydrogen) atoms. The highest BCUT2D eigenvalue weighted by Crippen LogP contribution is 2.37. The largest absolute Gasteiger partial charge is 0.417 e. The van der Waals surface area contributed by atoms with Gasteiger partial charge in [0.25, 0.3) is 11.8 Å². The van der Waals surface area contributed by atoms with E-state index in [-0.39, 0.29) is 24.5 Å². The third-order valence-corrected chi connectivity index (χ3v) is 7.69. The first kappa shape index (κ1) is 28.8. The number of carbonyl (C=O) groups excluding carboxylic acids is 1. The number of thiazole rings is 1. The summed E-state index contributed by atoms with van der Waals surface area (Å²) in [6.07, 6.45) is 1.53. The van der Waals surface area contributed by atoms with Gasteiger partial charge in [-0.3, -0.25) is 9.78 Å². The third kappa shape index (κ3) is 7.09. The van der Waals surface area contributed by atoms with Crippen LogP contribution >= 0.6 is 11.3 Å². The number of likely N-dealkylation sites (tertiary alicyclic amines) is 1. The predicted molar refractivity (Wildman–Crippen MR) is 141 cm³/mol. The topological polar surface area (TPSA) is 70.5 Å². The maximum absolute atomic E-state index is 14.7. The van der Waals surface area contributed by atoms with Gasteiger partial charge < -0.3 is 10.2 Å². The lowest BCUT2D eigenvalue weighted by atomic mass is 9.88. The number of aliphatic imine (C=N–C) groups is 1. The van der Waals surface area contributed by atoms with Crippen LogP contribution in [0.2, 0.25) is 0 Å². The fourth-order valence-electron chi connectivity index (χ4n) is 4.74. The van der Waals surface area contributed by atoms with E-state index in [1.54, 1.807) is 32.2 Å². The number of aromatic nitrogens is 2. The van der Waals surface area contributed by atoms with Crippen molar-refractivity contribution < 1.29 is 26.7 Å². The summed E-state index contributed by atoms with van der Waals surface area (Å²) in [6.45, 7) is 4.51. The summed E-state index contributed by atoms with van der Waals surface area (Å²) in [6, 6.07) is 2.94. The number of pyridine rings is 1. The van der Waals surface area contributed by atoms with Crippen LogP contribution in [0.5, 0.6) is 0 Å². The van der Waals surface area contributed by atoms with Crippen molar-refractivity contribution in [1.29, 1.82) is 0 Å². The summed E-state index contributed by atoms with van der Waals surface area (Å²) in [7, 11) is 0. The highest BCUT2D eigenvalue weighted by Gasteiger charge is 2.47. The molecule has 12 heteroatoms. The number of hydrogen-bond acceptors (Lipinski definition) is 6. The molecule has 1 N–H and O–H groups in total. The third-order valence-electron chi connectivity index (χ3n) is 6.69. The normalized spacial score (nSPS) is 25.4. The van der Waals surface area contributed by atoms with Crippen molar-refractivity contribution in [3.05, 3.63) is 58.1 Å². The van der Waals surface area contributed by atoms with Gasteiger partial charge in [0, 0.05) is 25.4 Å². The highest BCUT2D eigenvalue weighted by molar-refractivity contribution is 7.15.